The molecule has 0 aliphatic carbocycles. The number of hydrogen-bond donors (Lipinski definition) is 1. The van der Waals surface area contributed by atoms with Gasteiger partial charge in [-0.1, -0.05) is 35.0 Å². The predicted octanol–water partition coefficient (Wildman–Crippen LogP) is 2.61. The summed E-state index contributed by atoms with van der Waals surface area (Å²) in [7, 11) is 0. The molecule has 0 saturated heterocycles. The van der Waals surface area contributed by atoms with Crippen LogP contribution in [-0.2, 0) is 4.79 Å². The van der Waals surface area contributed by atoms with Crippen molar-refractivity contribution >= 4 is 27.6 Å². The summed E-state index contributed by atoms with van der Waals surface area (Å²) in [6.45, 7) is 4.14. The molecule has 100 valence electrons. The third kappa shape index (κ3) is 3.65. The Kier molecular flexibility index (Phi) is 5.71. The zero-order valence-electron chi connectivity index (χ0n) is 10.9. The summed E-state index contributed by atoms with van der Waals surface area (Å²) < 4.78 is 0.781. The number of Topliss-reactive ketones (excluding diaryl/α,β-unsaturated/α-hetero) is 1. The summed E-state index contributed by atoms with van der Waals surface area (Å²) >= 11 is 3.33. The van der Waals surface area contributed by atoms with Crippen molar-refractivity contribution in [3.8, 4) is 6.07 Å². The SMILES string of the molecule is CCCNC(=O)C(C#N)C(=O)c1cccc(Br)c1C. The number of benzene rings is 1. The van der Waals surface area contributed by atoms with Gasteiger partial charge in [-0.2, -0.15) is 5.26 Å². The smallest absolute Gasteiger partial charge is 0.245 e. The average molecular weight is 323 g/mol. The van der Waals surface area contributed by atoms with Gasteiger partial charge in [0.2, 0.25) is 5.91 Å². The maximum absolute atomic E-state index is 12.2. The number of nitrogens with one attached hydrogen (secondary N) is 1. The van der Waals surface area contributed by atoms with E-state index in [1.807, 2.05) is 13.0 Å². The zero-order chi connectivity index (χ0) is 14.4. The fraction of sp³-hybridized carbons (Fsp3) is 0.357. The van der Waals surface area contributed by atoms with E-state index < -0.39 is 17.6 Å². The van der Waals surface area contributed by atoms with Gasteiger partial charge in [-0.25, -0.2) is 0 Å². The Balaban J connectivity index is 3.00. The second kappa shape index (κ2) is 7.05. The molecule has 4 nitrogen and oxygen atoms in total. The summed E-state index contributed by atoms with van der Waals surface area (Å²) in [6, 6.07) is 6.92. The van der Waals surface area contributed by atoms with Gasteiger partial charge in [0.1, 0.15) is 0 Å². The molecule has 0 saturated carbocycles. The van der Waals surface area contributed by atoms with E-state index in [1.165, 1.54) is 0 Å². The Labute approximate surface area is 120 Å². The van der Waals surface area contributed by atoms with E-state index in [1.54, 1.807) is 25.1 Å². The fourth-order valence-electron chi connectivity index (χ4n) is 1.62. The van der Waals surface area contributed by atoms with Gasteiger partial charge in [-0.3, -0.25) is 9.59 Å². The molecule has 0 heterocycles. The molecule has 0 spiro atoms. The molecule has 1 amide bonds. The highest BCUT2D eigenvalue weighted by molar-refractivity contribution is 9.10. The molecular weight excluding hydrogens is 308 g/mol. The van der Waals surface area contributed by atoms with Crippen LogP contribution in [0.25, 0.3) is 0 Å². The molecule has 1 aromatic carbocycles. The van der Waals surface area contributed by atoms with Crippen molar-refractivity contribution in [1.29, 1.82) is 5.26 Å². The minimum Gasteiger partial charge on any atom is -0.355 e. The Bertz CT molecular complexity index is 535. The van der Waals surface area contributed by atoms with Gasteiger partial charge >= 0.3 is 0 Å². The largest absolute Gasteiger partial charge is 0.355 e. The van der Waals surface area contributed by atoms with E-state index in [0.29, 0.717) is 12.1 Å². The van der Waals surface area contributed by atoms with Gasteiger partial charge in [0, 0.05) is 16.6 Å². The summed E-state index contributed by atoms with van der Waals surface area (Å²) in [4.78, 5) is 24.0. The lowest BCUT2D eigenvalue weighted by Gasteiger charge is -2.11. The monoisotopic (exact) mass is 322 g/mol. The van der Waals surface area contributed by atoms with Crippen LogP contribution in [0.3, 0.4) is 0 Å². The van der Waals surface area contributed by atoms with Crippen molar-refractivity contribution in [3.05, 3.63) is 33.8 Å². The minimum atomic E-state index is -1.29. The first-order valence-electron chi connectivity index (χ1n) is 5.99. The number of carbonyl (C=O) groups is 2. The molecule has 0 fully saturated rings. The van der Waals surface area contributed by atoms with Gasteiger partial charge in [-0.05, 0) is 25.0 Å². The lowest BCUT2D eigenvalue weighted by molar-refractivity contribution is -0.122. The van der Waals surface area contributed by atoms with Crippen molar-refractivity contribution < 1.29 is 9.59 Å². The van der Waals surface area contributed by atoms with Crippen LogP contribution < -0.4 is 5.32 Å². The lowest BCUT2D eigenvalue weighted by atomic mass is 9.95. The molecule has 0 aliphatic heterocycles. The second-order valence-electron chi connectivity index (χ2n) is 4.13. The molecule has 0 bridgehead atoms. The molecule has 0 aliphatic rings. The summed E-state index contributed by atoms with van der Waals surface area (Å²) in [5.41, 5.74) is 1.13. The van der Waals surface area contributed by atoms with Gasteiger partial charge in [0.15, 0.2) is 11.7 Å². The van der Waals surface area contributed by atoms with E-state index >= 15 is 0 Å². The van der Waals surface area contributed by atoms with Crippen LogP contribution in [-0.4, -0.2) is 18.2 Å². The molecule has 1 unspecified atom stereocenters. The molecule has 19 heavy (non-hydrogen) atoms. The van der Waals surface area contributed by atoms with Gasteiger partial charge in [0.05, 0.1) is 6.07 Å². The molecule has 1 aromatic rings. The number of ketones is 1. The van der Waals surface area contributed by atoms with E-state index in [0.717, 1.165) is 16.5 Å². The molecular formula is C14H15BrN2O2. The van der Waals surface area contributed by atoms with E-state index in [9.17, 15) is 9.59 Å². The first-order valence-corrected chi connectivity index (χ1v) is 6.78. The van der Waals surface area contributed by atoms with Crippen LogP contribution in [0.2, 0.25) is 0 Å². The van der Waals surface area contributed by atoms with E-state index in [-0.39, 0.29) is 0 Å². The van der Waals surface area contributed by atoms with Crippen molar-refractivity contribution in [2.24, 2.45) is 5.92 Å². The lowest BCUT2D eigenvalue weighted by Crippen LogP contribution is -2.35. The second-order valence-corrected chi connectivity index (χ2v) is 4.98. The van der Waals surface area contributed by atoms with Crippen LogP contribution in [0.4, 0.5) is 0 Å². The Morgan fingerprint density at radius 1 is 1.47 bits per heavy atom. The quantitative estimate of drug-likeness (QED) is 0.669. The standard InChI is InChI=1S/C14H15BrN2O2/c1-3-7-17-14(19)11(8-16)13(18)10-5-4-6-12(15)9(10)2/h4-6,11H,3,7H2,1-2H3,(H,17,19). The normalized spacial score (nSPS) is 11.5. The zero-order valence-corrected chi connectivity index (χ0v) is 12.5. The number of nitrogens with zero attached hydrogens (tertiary/aromatic N) is 1. The molecule has 5 heteroatoms. The van der Waals surface area contributed by atoms with Crippen molar-refractivity contribution in [3.63, 3.8) is 0 Å². The van der Waals surface area contributed by atoms with E-state index in [4.69, 9.17) is 5.26 Å². The predicted molar refractivity (Wildman–Crippen MR) is 75.6 cm³/mol. The van der Waals surface area contributed by atoms with Crippen molar-refractivity contribution in [2.75, 3.05) is 6.54 Å². The van der Waals surface area contributed by atoms with Crippen LogP contribution in [0, 0.1) is 24.2 Å². The number of rotatable bonds is 5. The van der Waals surface area contributed by atoms with Crippen LogP contribution in [0.5, 0.6) is 0 Å². The Morgan fingerprint density at radius 2 is 2.16 bits per heavy atom. The number of amides is 1. The highest BCUT2D eigenvalue weighted by Gasteiger charge is 2.28. The van der Waals surface area contributed by atoms with Crippen LogP contribution >= 0.6 is 15.9 Å². The Hall–Kier alpha value is -1.67. The van der Waals surface area contributed by atoms with E-state index in [2.05, 4.69) is 21.2 Å². The van der Waals surface area contributed by atoms with Crippen molar-refractivity contribution in [2.45, 2.75) is 20.3 Å². The minimum absolute atomic E-state index is 0.396. The number of nitriles is 1. The topological polar surface area (TPSA) is 70.0 Å². The van der Waals surface area contributed by atoms with Crippen LogP contribution in [0.15, 0.2) is 22.7 Å². The molecule has 0 aromatic heterocycles. The Morgan fingerprint density at radius 3 is 2.74 bits per heavy atom. The van der Waals surface area contributed by atoms with Crippen LogP contribution in [0.1, 0.15) is 29.3 Å². The average Bonchev–Trinajstić information content (AvgIpc) is 2.40. The number of carbonyl (C=O) groups excluding carboxylic acids is 2. The summed E-state index contributed by atoms with van der Waals surface area (Å²) in [5.74, 6) is -2.29. The fourth-order valence-corrected chi connectivity index (χ4v) is 1.98. The van der Waals surface area contributed by atoms with Gasteiger partial charge in [-0.15, -0.1) is 0 Å². The first-order chi connectivity index (χ1) is 9.02. The third-order valence-electron chi connectivity index (χ3n) is 2.74. The molecule has 1 rings (SSSR count). The highest BCUT2D eigenvalue weighted by atomic mass is 79.9. The molecule has 1 atom stereocenters. The van der Waals surface area contributed by atoms with Crippen molar-refractivity contribution in [1.82, 2.24) is 5.32 Å². The van der Waals surface area contributed by atoms with Gasteiger partial charge in [0.25, 0.3) is 0 Å². The summed E-state index contributed by atoms with van der Waals surface area (Å²) in [6.07, 6.45) is 0.758. The maximum atomic E-state index is 12.2. The van der Waals surface area contributed by atoms with Gasteiger partial charge < -0.3 is 5.32 Å². The number of hydrogen-bond acceptors (Lipinski definition) is 3. The highest BCUT2D eigenvalue weighted by Crippen LogP contribution is 2.21. The molecule has 0 radical (unpaired) electrons. The molecule has 1 N–H and O–H groups in total. The number of halogens is 1. The summed E-state index contributed by atoms with van der Waals surface area (Å²) in [5, 5.41) is 11.6. The first kappa shape index (κ1) is 15.4. The maximum Gasteiger partial charge on any atom is 0.245 e. The third-order valence-corrected chi connectivity index (χ3v) is 3.59.